The molecule has 0 saturated carbocycles. The normalized spacial score (nSPS) is 32.3. The van der Waals surface area contributed by atoms with Gasteiger partial charge in [0, 0.05) is 19.5 Å². The molecule has 1 N–H and O–H groups in total. The van der Waals surface area contributed by atoms with Gasteiger partial charge in [-0.05, 0) is 7.05 Å². The van der Waals surface area contributed by atoms with Crippen molar-refractivity contribution in [1.82, 2.24) is 4.90 Å². The topological polar surface area (TPSA) is 49.8 Å². The molecule has 1 rings (SSSR count). The van der Waals surface area contributed by atoms with E-state index in [1.165, 1.54) is 7.11 Å². The van der Waals surface area contributed by atoms with Crippen LogP contribution >= 0.6 is 0 Å². The van der Waals surface area contributed by atoms with E-state index in [0.717, 1.165) is 6.54 Å². The number of likely N-dealkylation sites (tertiary alicyclic amines) is 1. The summed E-state index contributed by atoms with van der Waals surface area (Å²) in [5, 5.41) is 9.61. The SMILES string of the molecule is COC(=O)C1(O)CCN(C)C1. The molecule has 4 heteroatoms. The molecule has 0 radical (unpaired) electrons. The zero-order valence-electron chi connectivity index (χ0n) is 6.83. The number of ether oxygens (including phenoxy) is 1. The summed E-state index contributed by atoms with van der Waals surface area (Å²) >= 11 is 0. The van der Waals surface area contributed by atoms with Gasteiger partial charge < -0.3 is 14.7 Å². The standard InChI is InChI=1S/C7H13NO3/c1-8-4-3-7(10,5-8)6(9)11-2/h10H,3-5H2,1-2H3. The highest BCUT2D eigenvalue weighted by Crippen LogP contribution is 2.20. The molecule has 1 aliphatic heterocycles. The fourth-order valence-electron chi connectivity index (χ4n) is 1.34. The Hall–Kier alpha value is -0.610. The van der Waals surface area contributed by atoms with Gasteiger partial charge in [0.25, 0.3) is 0 Å². The van der Waals surface area contributed by atoms with Gasteiger partial charge in [0.2, 0.25) is 0 Å². The van der Waals surface area contributed by atoms with Gasteiger partial charge in [-0.15, -0.1) is 0 Å². The number of methoxy groups -OCH3 is 1. The highest BCUT2D eigenvalue weighted by atomic mass is 16.5. The van der Waals surface area contributed by atoms with Crippen molar-refractivity contribution in [3.05, 3.63) is 0 Å². The van der Waals surface area contributed by atoms with Crippen LogP contribution in [0, 0.1) is 0 Å². The van der Waals surface area contributed by atoms with Crippen LogP contribution in [0.15, 0.2) is 0 Å². The van der Waals surface area contributed by atoms with Crippen molar-refractivity contribution in [2.24, 2.45) is 0 Å². The molecule has 0 amide bonds. The Morgan fingerprint density at radius 2 is 2.36 bits per heavy atom. The summed E-state index contributed by atoms with van der Waals surface area (Å²) in [4.78, 5) is 12.9. The summed E-state index contributed by atoms with van der Waals surface area (Å²) in [5.74, 6) is -0.526. The molecule has 0 bridgehead atoms. The van der Waals surface area contributed by atoms with Crippen molar-refractivity contribution in [3.8, 4) is 0 Å². The van der Waals surface area contributed by atoms with Crippen LogP contribution in [-0.2, 0) is 9.53 Å². The number of hydrogen-bond acceptors (Lipinski definition) is 4. The molecule has 11 heavy (non-hydrogen) atoms. The molecular weight excluding hydrogens is 146 g/mol. The number of likely N-dealkylation sites (N-methyl/N-ethyl adjacent to an activating group) is 1. The third kappa shape index (κ3) is 1.52. The fraction of sp³-hybridized carbons (Fsp3) is 0.857. The average Bonchev–Trinajstić information content (AvgIpc) is 2.31. The van der Waals surface area contributed by atoms with Crippen molar-refractivity contribution >= 4 is 5.97 Å². The largest absolute Gasteiger partial charge is 0.467 e. The Bertz CT molecular complexity index is 171. The summed E-state index contributed by atoms with van der Waals surface area (Å²) in [7, 11) is 3.15. The van der Waals surface area contributed by atoms with E-state index < -0.39 is 11.6 Å². The zero-order valence-corrected chi connectivity index (χ0v) is 6.83. The molecule has 4 nitrogen and oxygen atoms in total. The van der Waals surface area contributed by atoms with Crippen LogP contribution < -0.4 is 0 Å². The number of hydrogen-bond donors (Lipinski definition) is 1. The molecule has 1 aliphatic rings. The first-order valence-electron chi connectivity index (χ1n) is 3.58. The van der Waals surface area contributed by atoms with E-state index in [4.69, 9.17) is 0 Å². The predicted molar refractivity (Wildman–Crippen MR) is 39.1 cm³/mol. The summed E-state index contributed by atoms with van der Waals surface area (Å²) in [6.07, 6.45) is 0.468. The van der Waals surface area contributed by atoms with Gasteiger partial charge in [0.15, 0.2) is 5.60 Å². The van der Waals surface area contributed by atoms with Gasteiger partial charge >= 0.3 is 5.97 Å². The average molecular weight is 159 g/mol. The van der Waals surface area contributed by atoms with E-state index in [9.17, 15) is 9.90 Å². The minimum atomic E-state index is -1.26. The summed E-state index contributed by atoms with van der Waals surface area (Å²) < 4.78 is 4.47. The Kier molecular flexibility index (Phi) is 2.15. The Labute approximate surface area is 65.8 Å². The van der Waals surface area contributed by atoms with E-state index in [1.54, 1.807) is 0 Å². The van der Waals surface area contributed by atoms with Crippen molar-refractivity contribution < 1.29 is 14.6 Å². The maximum Gasteiger partial charge on any atom is 0.339 e. The molecule has 0 aromatic rings. The maximum absolute atomic E-state index is 11.0. The minimum Gasteiger partial charge on any atom is -0.467 e. The van der Waals surface area contributed by atoms with E-state index in [0.29, 0.717) is 13.0 Å². The summed E-state index contributed by atoms with van der Waals surface area (Å²) in [6.45, 7) is 1.12. The molecule has 0 aromatic heterocycles. The van der Waals surface area contributed by atoms with Crippen molar-refractivity contribution in [1.29, 1.82) is 0 Å². The van der Waals surface area contributed by atoms with Gasteiger partial charge in [0.05, 0.1) is 7.11 Å². The molecule has 1 fully saturated rings. The third-order valence-electron chi connectivity index (χ3n) is 2.00. The van der Waals surface area contributed by atoms with Crippen LogP contribution in [0.1, 0.15) is 6.42 Å². The van der Waals surface area contributed by atoms with E-state index in [1.807, 2.05) is 11.9 Å². The maximum atomic E-state index is 11.0. The quantitative estimate of drug-likeness (QED) is 0.510. The predicted octanol–water partition coefficient (Wildman–Crippen LogP) is -0.774. The Balaban J connectivity index is 2.61. The number of β-amino-alcohol motifs (C(OH)–C–C–N with tert-alkyl or cyclic N) is 1. The van der Waals surface area contributed by atoms with Gasteiger partial charge in [-0.1, -0.05) is 0 Å². The second kappa shape index (κ2) is 2.79. The number of esters is 1. The van der Waals surface area contributed by atoms with E-state index in [-0.39, 0.29) is 0 Å². The second-order valence-corrected chi connectivity index (χ2v) is 3.01. The first-order valence-corrected chi connectivity index (χ1v) is 3.58. The molecule has 1 unspecified atom stereocenters. The third-order valence-corrected chi connectivity index (χ3v) is 2.00. The molecule has 1 saturated heterocycles. The highest BCUT2D eigenvalue weighted by Gasteiger charge is 2.42. The number of nitrogens with zero attached hydrogens (tertiary/aromatic N) is 1. The number of carbonyl (C=O) groups is 1. The van der Waals surface area contributed by atoms with Crippen LogP contribution in [0.4, 0.5) is 0 Å². The lowest BCUT2D eigenvalue weighted by Crippen LogP contribution is -2.41. The Morgan fingerprint density at radius 1 is 1.73 bits per heavy atom. The summed E-state index contributed by atoms with van der Waals surface area (Å²) in [5.41, 5.74) is -1.26. The van der Waals surface area contributed by atoms with Crippen molar-refractivity contribution in [2.45, 2.75) is 12.0 Å². The van der Waals surface area contributed by atoms with Gasteiger partial charge in [-0.2, -0.15) is 0 Å². The summed E-state index contributed by atoms with van der Waals surface area (Å²) in [6, 6.07) is 0. The molecule has 0 aromatic carbocycles. The van der Waals surface area contributed by atoms with Crippen LogP contribution in [0.2, 0.25) is 0 Å². The molecule has 1 atom stereocenters. The van der Waals surface area contributed by atoms with Crippen LogP contribution in [-0.4, -0.2) is 48.8 Å². The molecule has 0 spiro atoms. The lowest BCUT2D eigenvalue weighted by atomic mass is 10.0. The number of carbonyl (C=O) groups excluding carboxylic acids is 1. The first kappa shape index (κ1) is 8.49. The Morgan fingerprint density at radius 3 is 2.73 bits per heavy atom. The van der Waals surface area contributed by atoms with Crippen LogP contribution in [0.3, 0.4) is 0 Å². The highest BCUT2D eigenvalue weighted by molar-refractivity contribution is 5.79. The number of aliphatic hydroxyl groups is 1. The van der Waals surface area contributed by atoms with Gasteiger partial charge in [-0.25, -0.2) is 4.79 Å². The van der Waals surface area contributed by atoms with E-state index >= 15 is 0 Å². The zero-order chi connectivity index (χ0) is 8.48. The van der Waals surface area contributed by atoms with E-state index in [2.05, 4.69) is 4.74 Å². The number of rotatable bonds is 1. The fourth-order valence-corrected chi connectivity index (χ4v) is 1.34. The minimum absolute atomic E-state index is 0.375. The van der Waals surface area contributed by atoms with Crippen molar-refractivity contribution in [2.75, 3.05) is 27.2 Å². The molecule has 1 heterocycles. The molecular formula is C7H13NO3. The first-order chi connectivity index (χ1) is 5.08. The van der Waals surface area contributed by atoms with Gasteiger partial charge in [0.1, 0.15) is 0 Å². The van der Waals surface area contributed by atoms with Crippen LogP contribution in [0.5, 0.6) is 0 Å². The second-order valence-electron chi connectivity index (χ2n) is 3.01. The molecule has 64 valence electrons. The van der Waals surface area contributed by atoms with Crippen molar-refractivity contribution in [3.63, 3.8) is 0 Å². The van der Waals surface area contributed by atoms with Crippen LogP contribution in [0.25, 0.3) is 0 Å². The van der Waals surface area contributed by atoms with Gasteiger partial charge in [-0.3, -0.25) is 0 Å². The molecule has 0 aliphatic carbocycles. The lowest BCUT2D eigenvalue weighted by molar-refractivity contribution is -0.160. The monoisotopic (exact) mass is 159 g/mol. The lowest BCUT2D eigenvalue weighted by Gasteiger charge is -2.18. The smallest absolute Gasteiger partial charge is 0.339 e.